The SMILES string of the molecule is O=C(N[C@H]1CC[C@H](O)CC1)c1ccnc(Cl)n1. The van der Waals surface area contributed by atoms with E-state index in [1.807, 2.05) is 0 Å². The predicted octanol–water partition coefficient (Wildman–Crippen LogP) is 1.16. The van der Waals surface area contributed by atoms with Gasteiger partial charge in [-0.05, 0) is 43.4 Å². The summed E-state index contributed by atoms with van der Waals surface area (Å²) in [7, 11) is 0. The van der Waals surface area contributed by atoms with Gasteiger partial charge in [0.05, 0.1) is 6.10 Å². The average Bonchev–Trinajstić information content (AvgIpc) is 2.32. The summed E-state index contributed by atoms with van der Waals surface area (Å²) in [4.78, 5) is 19.4. The average molecular weight is 256 g/mol. The molecule has 0 bridgehead atoms. The molecule has 0 radical (unpaired) electrons. The van der Waals surface area contributed by atoms with E-state index >= 15 is 0 Å². The molecule has 1 aromatic heterocycles. The number of hydrogen-bond acceptors (Lipinski definition) is 4. The Morgan fingerprint density at radius 1 is 1.41 bits per heavy atom. The highest BCUT2D eigenvalue weighted by molar-refractivity contribution is 6.28. The first kappa shape index (κ1) is 12.3. The van der Waals surface area contributed by atoms with Gasteiger partial charge in [0.2, 0.25) is 5.28 Å². The molecule has 0 saturated heterocycles. The van der Waals surface area contributed by atoms with Crippen LogP contribution in [0.2, 0.25) is 5.28 Å². The molecule has 2 rings (SSSR count). The van der Waals surface area contributed by atoms with E-state index in [9.17, 15) is 9.90 Å². The number of carbonyl (C=O) groups excluding carboxylic acids is 1. The smallest absolute Gasteiger partial charge is 0.270 e. The molecule has 17 heavy (non-hydrogen) atoms. The lowest BCUT2D eigenvalue weighted by atomic mass is 9.93. The van der Waals surface area contributed by atoms with Gasteiger partial charge in [-0.3, -0.25) is 4.79 Å². The molecule has 0 unspecified atom stereocenters. The number of amides is 1. The lowest BCUT2D eigenvalue weighted by Gasteiger charge is -2.25. The minimum atomic E-state index is -0.240. The lowest BCUT2D eigenvalue weighted by molar-refractivity contribution is 0.0863. The molecule has 2 N–H and O–H groups in total. The third kappa shape index (κ3) is 3.38. The van der Waals surface area contributed by atoms with Crippen LogP contribution in [0.25, 0.3) is 0 Å². The molecule has 1 saturated carbocycles. The van der Waals surface area contributed by atoms with Crippen molar-refractivity contribution >= 4 is 17.5 Å². The highest BCUT2D eigenvalue weighted by Gasteiger charge is 2.21. The second kappa shape index (κ2) is 5.42. The molecule has 92 valence electrons. The maximum absolute atomic E-state index is 11.8. The Balaban J connectivity index is 1.93. The second-order valence-corrected chi connectivity index (χ2v) is 4.53. The van der Waals surface area contributed by atoms with Crippen LogP contribution in [0.3, 0.4) is 0 Å². The Morgan fingerprint density at radius 3 is 2.76 bits per heavy atom. The van der Waals surface area contributed by atoms with Crippen molar-refractivity contribution in [2.75, 3.05) is 0 Å². The van der Waals surface area contributed by atoms with Gasteiger partial charge in [-0.25, -0.2) is 9.97 Å². The van der Waals surface area contributed by atoms with Gasteiger partial charge in [0.25, 0.3) is 5.91 Å². The van der Waals surface area contributed by atoms with E-state index < -0.39 is 0 Å². The maximum Gasteiger partial charge on any atom is 0.270 e. The monoisotopic (exact) mass is 255 g/mol. The van der Waals surface area contributed by atoms with Crippen LogP contribution in [-0.2, 0) is 0 Å². The highest BCUT2D eigenvalue weighted by atomic mass is 35.5. The zero-order chi connectivity index (χ0) is 12.3. The van der Waals surface area contributed by atoms with Crippen LogP contribution in [0, 0.1) is 0 Å². The lowest BCUT2D eigenvalue weighted by Crippen LogP contribution is -2.38. The van der Waals surface area contributed by atoms with Gasteiger partial charge in [-0.2, -0.15) is 0 Å². The Labute approximate surface area is 104 Å². The molecule has 6 heteroatoms. The van der Waals surface area contributed by atoms with Gasteiger partial charge in [0, 0.05) is 12.2 Å². The highest BCUT2D eigenvalue weighted by Crippen LogP contribution is 2.18. The Bertz CT molecular complexity index is 405. The van der Waals surface area contributed by atoms with Crippen LogP contribution in [0.5, 0.6) is 0 Å². The number of rotatable bonds is 2. The van der Waals surface area contributed by atoms with E-state index in [0.29, 0.717) is 0 Å². The summed E-state index contributed by atoms with van der Waals surface area (Å²) in [6.07, 6.45) is 4.29. The number of halogens is 1. The maximum atomic E-state index is 11.8. The van der Waals surface area contributed by atoms with E-state index in [2.05, 4.69) is 15.3 Å². The molecule has 1 amide bonds. The molecular weight excluding hydrogens is 242 g/mol. The van der Waals surface area contributed by atoms with E-state index in [-0.39, 0.29) is 29.0 Å². The van der Waals surface area contributed by atoms with Crippen molar-refractivity contribution in [2.24, 2.45) is 0 Å². The molecule has 1 aromatic rings. The summed E-state index contributed by atoms with van der Waals surface area (Å²) in [5, 5.41) is 12.3. The van der Waals surface area contributed by atoms with Gasteiger partial charge < -0.3 is 10.4 Å². The summed E-state index contributed by atoms with van der Waals surface area (Å²) in [5.74, 6) is -0.240. The molecule has 1 heterocycles. The number of aliphatic hydroxyl groups excluding tert-OH is 1. The minimum absolute atomic E-state index is 0.0664. The standard InChI is InChI=1S/C11H14ClN3O2/c12-11-13-6-5-9(15-11)10(17)14-7-1-3-8(16)4-2-7/h5-8,16H,1-4H2,(H,14,17)/t7-,8-. The van der Waals surface area contributed by atoms with E-state index in [1.165, 1.54) is 12.3 Å². The molecule has 1 fully saturated rings. The number of carbonyl (C=O) groups is 1. The van der Waals surface area contributed by atoms with Crippen molar-refractivity contribution < 1.29 is 9.90 Å². The van der Waals surface area contributed by atoms with Crippen molar-refractivity contribution in [3.63, 3.8) is 0 Å². The molecule has 0 aliphatic heterocycles. The van der Waals surface area contributed by atoms with Crippen molar-refractivity contribution in [3.8, 4) is 0 Å². The third-order valence-corrected chi connectivity index (χ3v) is 3.07. The van der Waals surface area contributed by atoms with Crippen LogP contribution in [0.4, 0.5) is 0 Å². The first-order valence-corrected chi connectivity index (χ1v) is 6.00. The van der Waals surface area contributed by atoms with Crippen molar-refractivity contribution in [1.82, 2.24) is 15.3 Å². The third-order valence-electron chi connectivity index (χ3n) is 2.89. The first-order chi connectivity index (χ1) is 8.15. The van der Waals surface area contributed by atoms with E-state index in [1.54, 1.807) is 0 Å². The molecule has 5 nitrogen and oxygen atoms in total. The zero-order valence-corrected chi connectivity index (χ0v) is 10.0. The zero-order valence-electron chi connectivity index (χ0n) is 9.27. The van der Waals surface area contributed by atoms with E-state index in [4.69, 9.17) is 11.6 Å². The summed E-state index contributed by atoms with van der Waals surface area (Å²) in [5.41, 5.74) is 0.274. The van der Waals surface area contributed by atoms with Crippen LogP contribution in [0.15, 0.2) is 12.3 Å². The van der Waals surface area contributed by atoms with Crippen molar-refractivity contribution in [2.45, 2.75) is 37.8 Å². The van der Waals surface area contributed by atoms with Crippen molar-refractivity contribution in [1.29, 1.82) is 0 Å². The van der Waals surface area contributed by atoms with Crippen LogP contribution in [-0.4, -0.2) is 33.1 Å². The fourth-order valence-corrected chi connectivity index (χ4v) is 2.09. The number of aliphatic hydroxyl groups is 1. The molecule has 1 aliphatic carbocycles. The molecule has 1 aliphatic rings. The number of nitrogens with one attached hydrogen (secondary N) is 1. The topological polar surface area (TPSA) is 75.1 Å². The van der Waals surface area contributed by atoms with E-state index in [0.717, 1.165) is 25.7 Å². The summed E-state index contributed by atoms with van der Waals surface area (Å²) in [6.45, 7) is 0. The quantitative estimate of drug-likeness (QED) is 0.778. The Kier molecular flexibility index (Phi) is 3.91. The fourth-order valence-electron chi connectivity index (χ4n) is 1.94. The number of nitrogens with zero attached hydrogens (tertiary/aromatic N) is 2. The Hall–Kier alpha value is -1.20. The van der Waals surface area contributed by atoms with Crippen molar-refractivity contribution in [3.05, 3.63) is 23.2 Å². The summed E-state index contributed by atoms with van der Waals surface area (Å²) >= 11 is 5.62. The molecule has 0 aromatic carbocycles. The van der Waals surface area contributed by atoms with Crippen LogP contribution in [0.1, 0.15) is 36.2 Å². The first-order valence-electron chi connectivity index (χ1n) is 5.62. The Morgan fingerprint density at radius 2 is 2.12 bits per heavy atom. The van der Waals surface area contributed by atoms with Crippen LogP contribution >= 0.6 is 11.6 Å². The second-order valence-electron chi connectivity index (χ2n) is 4.19. The summed E-state index contributed by atoms with van der Waals surface area (Å²) in [6, 6.07) is 1.64. The van der Waals surface area contributed by atoms with Gasteiger partial charge in [-0.15, -0.1) is 0 Å². The normalized spacial score (nSPS) is 24.4. The largest absolute Gasteiger partial charge is 0.393 e. The minimum Gasteiger partial charge on any atom is -0.393 e. The van der Waals surface area contributed by atoms with Crippen LogP contribution < -0.4 is 5.32 Å². The van der Waals surface area contributed by atoms with Gasteiger partial charge in [-0.1, -0.05) is 0 Å². The van der Waals surface area contributed by atoms with Gasteiger partial charge >= 0.3 is 0 Å². The van der Waals surface area contributed by atoms with Gasteiger partial charge in [0.15, 0.2) is 0 Å². The molecular formula is C11H14ClN3O2. The van der Waals surface area contributed by atoms with Gasteiger partial charge in [0.1, 0.15) is 5.69 Å². The fraction of sp³-hybridized carbons (Fsp3) is 0.545. The number of aromatic nitrogens is 2. The molecule has 0 atom stereocenters. The molecule has 0 spiro atoms. The number of hydrogen-bond donors (Lipinski definition) is 2. The summed E-state index contributed by atoms with van der Waals surface area (Å²) < 4.78 is 0. The predicted molar refractivity (Wildman–Crippen MR) is 62.8 cm³/mol.